The van der Waals surface area contributed by atoms with E-state index < -0.39 is 8.32 Å². The molecule has 0 spiro atoms. The van der Waals surface area contributed by atoms with Crippen LogP contribution in [0.3, 0.4) is 0 Å². The zero-order valence-corrected chi connectivity index (χ0v) is 15.1. The minimum atomic E-state index is -1.82. The van der Waals surface area contributed by atoms with E-state index in [9.17, 15) is 5.11 Å². The largest absolute Gasteiger partial charge is 0.543 e. The fourth-order valence-corrected chi connectivity index (χ4v) is 3.83. The van der Waals surface area contributed by atoms with Crippen molar-refractivity contribution in [1.29, 1.82) is 0 Å². The zero-order valence-electron chi connectivity index (χ0n) is 14.1. The highest BCUT2D eigenvalue weighted by Gasteiger charge is 2.39. The number of hydrogen-bond donors (Lipinski definition) is 1. The Morgan fingerprint density at radius 1 is 1.14 bits per heavy atom. The van der Waals surface area contributed by atoms with Crippen LogP contribution in [-0.4, -0.2) is 19.5 Å². The van der Waals surface area contributed by atoms with Gasteiger partial charge in [-0.05, 0) is 54.9 Å². The molecule has 0 saturated heterocycles. The summed E-state index contributed by atoms with van der Waals surface area (Å²) < 4.78 is 6.54. The molecule has 2 atom stereocenters. The molecule has 118 valence electrons. The lowest BCUT2D eigenvalue weighted by atomic mass is 9.82. The van der Waals surface area contributed by atoms with Crippen molar-refractivity contribution in [3.63, 3.8) is 0 Å². The van der Waals surface area contributed by atoms with E-state index in [0.29, 0.717) is 5.92 Å². The first-order valence-electron chi connectivity index (χ1n) is 8.17. The van der Waals surface area contributed by atoms with E-state index in [1.165, 1.54) is 5.56 Å². The maximum atomic E-state index is 9.96. The van der Waals surface area contributed by atoms with Crippen molar-refractivity contribution in [2.45, 2.75) is 76.6 Å². The van der Waals surface area contributed by atoms with Gasteiger partial charge in [0.15, 0.2) is 0 Å². The van der Waals surface area contributed by atoms with Crippen LogP contribution < -0.4 is 4.43 Å². The second kappa shape index (κ2) is 6.13. The molecule has 1 fully saturated rings. The Kier molecular flexibility index (Phi) is 4.84. The quantitative estimate of drug-likeness (QED) is 0.788. The molecule has 1 unspecified atom stereocenters. The van der Waals surface area contributed by atoms with E-state index in [0.717, 1.165) is 31.4 Å². The zero-order chi connectivity index (χ0) is 15.7. The van der Waals surface area contributed by atoms with Gasteiger partial charge in [0, 0.05) is 0 Å². The Labute approximate surface area is 130 Å². The molecule has 2 nitrogen and oxygen atoms in total. The Hall–Kier alpha value is -0.803. The van der Waals surface area contributed by atoms with Crippen molar-refractivity contribution >= 4 is 8.32 Å². The number of hydrogen-bond acceptors (Lipinski definition) is 2. The monoisotopic (exact) mass is 306 g/mol. The Morgan fingerprint density at radius 2 is 1.81 bits per heavy atom. The highest BCUT2D eigenvalue weighted by Crippen LogP contribution is 2.42. The second-order valence-corrected chi connectivity index (χ2v) is 12.6. The molecule has 0 aromatic heterocycles. The normalized spacial score (nSPS) is 23.9. The van der Waals surface area contributed by atoms with E-state index in [4.69, 9.17) is 4.43 Å². The first-order valence-corrected chi connectivity index (χ1v) is 11.1. The SMILES string of the molecule is CC(C)(C)[Si](C)(C)Oc1ccccc1[C@H]1CCCC(O)C1. The number of rotatable bonds is 3. The van der Waals surface area contributed by atoms with E-state index >= 15 is 0 Å². The van der Waals surface area contributed by atoms with Crippen LogP contribution in [0.1, 0.15) is 57.9 Å². The maximum absolute atomic E-state index is 9.96. The average Bonchev–Trinajstić information content (AvgIpc) is 2.37. The van der Waals surface area contributed by atoms with Crippen molar-refractivity contribution in [1.82, 2.24) is 0 Å². The first-order chi connectivity index (χ1) is 9.71. The fourth-order valence-electron chi connectivity index (χ4n) is 2.79. The summed E-state index contributed by atoms with van der Waals surface area (Å²) in [5.74, 6) is 1.48. The van der Waals surface area contributed by atoms with Crippen LogP contribution >= 0.6 is 0 Å². The lowest BCUT2D eigenvalue weighted by molar-refractivity contribution is 0.119. The topological polar surface area (TPSA) is 29.5 Å². The van der Waals surface area contributed by atoms with Gasteiger partial charge < -0.3 is 9.53 Å². The summed E-state index contributed by atoms with van der Waals surface area (Å²) in [4.78, 5) is 0. The highest BCUT2D eigenvalue weighted by molar-refractivity contribution is 6.74. The lowest BCUT2D eigenvalue weighted by Crippen LogP contribution is -2.44. The Bertz CT molecular complexity index is 476. The lowest BCUT2D eigenvalue weighted by Gasteiger charge is -2.38. The van der Waals surface area contributed by atoms with Gasteiger partial charge in [0.05, 0.1) is 6.10 Å². The molecule has 1 N–H and O–H groups in total. The molecule has 0 aliphatic heterocycles. The van der Waals surface area contributed by atoms with Crippen molar-refractivity contribution in [3.05, 3.63) is 29.8 Å². The van der Waals surface area contributed by atoms with E-state index in [2.05, 4.69) is 58.1 Å². The third-order valence-corrected chi connectivity index (χ3v) is 9.52. The minimum Gasteiger partial charge on any atom is -0.543 e. The maximum Gasteiger partial charge on any atom is 0.250 e. The van der Waals surface area contributed by atoms with E-state index in [1.54, 1.807) is 0 Å². The molecule has 0 radical (unpaired) electrons. The van der Waals surface area contributed by atoms with Gasteiger partial charge in [-0.25, -0.2) is 0 Å². The van der Waals surface area contributed by atoms with Gasteiger partial charge in [-0.2, -0.15) is 0 Å². The minimum absolute atomic E-state index is 0.148. The van der Waals surface area contributed by atoms with Crippen LogP contribution in [0.4, 0.5) is 0 Å². The number of aliphatic hydroxyl groups is 1. The third kappa shape index (κ3) is 3.89. The molecule has 0 amide bonds. The average molecular weight is 307 g/mol. The predicted molar refractivity (Wildman–Crippen MR) is 91.5 cm³/mol. The molecule has 1 aromatic rings. The molecule has 0 heterocycles. The van der Waals surface area contributed by atoms with Gasteiger partial charge in [-0.3, -0.25) is 0 Å². The van der Waals surface area contributed by atoms with Crippen molar-refractivity contribution in [3.8, 4) is 5.75 Å². The standard InChI is InChI=1S/C18H30O2Si/c1-18(2,3)21(4,5)20-17-12-7-6-11-16(17)14-9-8-10-15(19)13-14/h6-7,11-12,14-15,19H,8-10,13H2,1-5H3/t14-,15?/m0/s1. The summed E-state index contributed by atoms with van der Waals surface area (Å²) in [6.07, 6.45) is 3.94. The molecule has 1 aromatic carbocycles. The molecular formula is C18H30O2Si. The van der Waals surface area contributed by atoms with E-state index in [-0.39, 0.29) is 11.1 Å². The molecule has 1 aliphatic carbocycles. The summed E-state index contributed by atoms with van der Waals surface area (Å²) >= 11 is 0. The summed E-state index contributed by atoms with van der Waals surface area (Å²) in [5, 5.41) is 10.2. The molecule has 21 heavy (non-hydrogen) atoms. The molecule has 1 aliphatic rings. The van der Waals surface area contributed by atoms with Gasteiger partial charge in [0.1, 0.15) is 5.75 Å². The highest BCUT2D eigenvalue weighted by atomic mass is 28.4. The van der Waals surface area contributed by atoms with Gasteiger partial charge in [0.2, 0.25) is 8.32 Å². The summed E-state index contributed by atoms with van der Waals surface area (Å²) in [5.41, 5.74) is 1.29. The number of benzene rings is 1. The molecule has 0 bridgehead atoms. The first kappa shape index (κ1) is 16.6. The Morgan fingerprint density at radius 3 is 2.43 bits per heavy atom. The summed E-state index contributed by atoms with van der Waals surface area (Å²) in [6, 6.07) is 8.45. The number of aliphatic hydroxyl groups excluding tert-OH is 1. The molecule has 2 rings (SSSR count). The number of para-hydroxylation sites is 1. The molecular weight excluding hydrogens is 276 g/mol. The third-order valence-electron chi connectivity index (χ3n) is 5.18. The van der Waals surface area contributed by atoms with Crippen molar-refractivity contribution in [2.75, 3.05) is 0 Å². The fraction of sp³-hybridized carbons (Fsp3) is 0.667. The predicted octanol–water partition coefficient (Wildman–Crippen LogP) is 5.09. The van der Waals surface area contributed by atoms with Gasteiger partial charge in [0.25, 0.3) is 0 Å². The van der Waals surface area contributed by atoms with Crippen LogP contribution in [0.5, 0.6) is 5.75 Å². The van der Waals surface area contributed by atoms with Crippen LogP contribution in [0.25, 0.3) is 0 Å². The summed E-state index contributed by atoms with van der Waals surface area (Å²) in [7, 11) is -1.82. The van der Waals surface area contributed by atoms with E-state index in [1.807, 2.05) is 0 Å². The van der Waals surface area contributed by atoms with Crippen molar-refractivity contribution < 1.29 is 9.53 Å². The van der Waals surface area contributed by atoms with Gasteiger partial charge in [-0.1, -0.05) is 45.4 Å². The smallest absolute Gasteiger partial charge is 0.250 e. The summed E-state index contributed by atoms with van der Waals surface area (Å²) in [6.45, 7) is 11.4. The van der Waals surface area contributed by atoms with Crippen LogP contribution in [0.15, 0.2) is 24.3 Å². The Balaban J connectivity index is 2.25. The molecule has 1 saturated carbocycles. The van der Waals surface area contributed by atoms with Gasteiger partial charge >= 0.3 is 0 Å². The van der Waals surface area contributed by atoms with Crippen molar-refractivity contribution in [2.24, 2.45) is 0 Å². The second-order valence-electron chi connectivity index (χ2n) is 7.92. The molecule has 3 heteroatoms. The van der Waals surface area contributed by atoms with Crippen LogP contribution in [0, 0.1) is 0 Å². The van der Waals surface area contributed by atoms with Gasteiger partial charge in [-0.15, -0.1) is 0 Å². The van der Waals surface area contributed by atoms with Crippen LogP contribution in [0.2, 0.25) is 18.1 Å². The van der Waals surface area contributed by atoms with Crippen LogP contribution in [-0.2, 0) is 0 Å².